The Morgan fingerprint density at radius 3 is 2.92 bits per heavy atom. The maximum absolute atomic E-state index is 11.7. The smallest absolute Gasteiger partial charge is 0.310 e. The fourth-order valence-electron chi connectivity index (χ4n) is 2.55. The molecule has 126 valence electrons. The Kier molecular flexibility index (Phi) is 5.14. The van der Waals surface area contributed by atoms with E-state index >= 15 is 0 Å². The summed E-state index contributed by atoms with van der Waals surface area (Å²) in [5.41, 5.74) is 4.30. The Morgan fingerprint density at radius 2 is 2.21 bits per heavy atom. The van der Waals surface area contributed by atoms with Gasteiger partial charge in [-0.2, -0.15) is 0 Å². The number of hydrogen-bond acceptors (Lipinski definition) is 6. The lowest BCUT2D eigenvalue weighted by Gasteiger charge is -2.30. The average molecular weight is 441 g/mol. The Labute approximate surface area is 152 Å². The molecule has 1 aliphatic heterocycles. The van der Waals surface area contributed by atoms with Crippen LogP contribution in [-0.4, -0.2) is 35.5 Å². The number of aromatic nitrogens is 1. The van der Waals surface area contributed by atoms with Gasteiger partial charge in [0.25, 0.3) is 0 Å². The monoisotopic (exact) mass is 441 g/mol. The minimum atomic E-state index is -0.466. The number of nitrogens with one attached hydrogen (secondary N) is 1. The van der Waals surface area contributed by atoms with Crippen molar-refractivity contribution < 1.29 is 18.7 Å². The second-order valence-electron chi connectivity index (χ2n) is 5.49. The van der Waals surface area contributed by atoms with Gasteiger partial charge in [-0.1, -0.05) is 0 Å². The van der Waals surface area contributed by atoms with Crippen molar-refractivity contribution in [2.24, 2.45) is 5.92 Å². The van der Waals surface area contributed by atoms with Crippen LogP contribution in [0.2, 0.25) is 0 Å². The van der Waals surface area contributed by atoms with Gasteiger partial charge in [-0.25, -0.2) is 9.99 Å². The molecule has 0 saturated carbocycles. The first-order chi connectivity index (χ1) is 11.5. The molecule has 2 heterocycles. The molecule has 2 aromatic rings. The minimum absolute atomic E-state index is 0.135. The Hall–Kier alpha value is -1.94. The van der Waals surface area contributed by atoms with Crippen LogP contribution in [-0.2, 0) is 20.9 Å². The number of benzene rings is 1. The fraction of sp³-hybridized carbons (Fsp3) is 0.312. The Balaban J connectivity index is 1.68. The normalized spacial score (nSPS) is 18.2. The summed E-state index contributed by atoms with van der Waals surface area (Å²) >= 11 is 2.23. The lowest BCUT2D eigenvalue weighted by molar-refractivity contribution is -0.152. The highest BCUT2D eigenvalue weighted by Gasteiger charge is 2.31. The van der Waals surface area contributed by atoms with Crippen LogP contribution in [0.4, 0.5) is 0 Å². The van der Waals surface area contributed by atoms with Crippen LogP contribution in [0.25, 0.3) is 11.5 Å². The van der Waals surface area contributed by atoms with Gasteiger partial charge in [0.05, 0.1) is 25.3 Å². The molecule has 1 aromatic heterocycles. The molecule has 1 unspecified atom stereocenters. The first kappa shape index (κ1) is 16.9. The molecular formula is C16H16IN3O4. The molecule has 1 aromatic carbocycles. The second-order valence-corrected chi connectivity index (χ2v) is 6.74. The molecule has 0 bridgehead atoms. The van der Waals surface area contributed by atoms with Crippen molar-refractivity contribution in [3.8, 4) is 11.5 Å². The number of carbonyl (C=O) groups is 2. The quantitative estimate of drug-likeness (QED) is 0.577. The molecule has 3 rings (SSSR count). The van der Waals surface area contributed by atoms with E-state index in [2.05, 4.69) is 33.0 Å². The van der Waals surface area contributed by atoms with E-state index < -0.39 is 5.92 Å². The van der Waals surface area contributed by atoms with E-state index in [9.17, 15) is 9.59 Å². The van der Waals surface area contributed by atoms with Gasteiger partial charge in [0.1, 0.15) is 6.26 Å². The van der Waals surface area contributed by atoms with E-state index in [1.54, 1.807) is 11.3 Å². The van der Waals surface area contributed by atoms with E-state index in [1.165, 1.54) is 7.11 Å². The van der Waals surface area contributed by atoms with E-state index in [0.717, 1.165) is 9.13 Å². The SMILES string of the molecule is COC(=O)C1CC(=O)NN(Cc2coc(-c3ccc(I)cc3)n2)C1. The third-order valence-electron chi connectivity index (χ3n) is 3.69. The number of esters is 1. The minimum Gasteiger partial charge on any atom is -0.469 e. The number of rotatable bonds is 4. The summed E-state index contributed by atoms with van der Waals surface area (Å²) in [6.07, 6.45) is 1.69. The van der Waals surface area contributed by atoms with Crippen molar-refractivity contribution >= 4 is 34.5 Å². The van der Waals surface area contributed by atoms with Crippen LogP contribution in [0, 0.1) is 9.49 Å². The first-order valence-corrected chi connectivity index (χ1v) is 8.45. The third kappa shape index (κ3) is 3.93. The number of methoxy groups -OCH3 is 1. The van der Waals surface area contributed by atoms with Crippen molar-refractivity contribution in [3.63, 3.8) is 0 Å². The highest BCUT2D eigenvalue weighted by atomic mass is 127. The summed E-state index contributed by atoms with van der Waals surface area (Å²) in [6.45, 7) is 0.733. The molecule has 1 atom stereocenters. The molecular weight excluding hydrogens is 425 g/mol. The summed E-state index contributed by atoms with van der Waals surface area (Å²) in [5.74, 6) is -0.534. The predicted octanol–water partition coefficient (Wildman–Crippen LogP) is 1.97. The van der Waals surface area contributed by atoms with Crippen LogP contribution in [0.15, 0.2) is 34.9 Å². The zero-order valence-corrected chi connectivity index (χ0v) is 15.1. The third-order valence-corrected chi connectivity index (χ3v) is 4.40. The average Bonchev–Trinajstić information content (AvgIpc) is 3.02. The van der Waals surface area contributed by atoms with Gasteiger partial charge in [0, 0.05) is 22.1 Å². The maximum Gasteiger partial charge on any atom is 0.310 e. The number of oxazole rings is 1. The second kappa shape index (κ2) is 7.31. The predicted molar refractivity (Wildman–Crippen MR) is 93.3 cm³/mol. The zero-order chi connectivity index (χ0) is 17.1. The molecule has 1 aliphatic rings. The molecule has 8 heteroatoms. The van der Waals surface area contributed by atoms with Crippen molar-refractivity contribution in [1.29, 1.82) is 0 Å². The van der Waals surface area contributed by atoms with Gasteiger partial charge in [0.2, 0.25) is 11.8 Å². The molecule has 24 heavy (non-hydrogen) atoms. The Morgan fingerprint density at radius 1 is 1.46 bits per heavy atom. The lowest BCUT2D eigenvalue weighted by Crippen LogP contribution is -2.51. The van der Waals surface area contributed by atoms with Gasteiger partial charge in [-0.3, -0.25) is 15.0 Å². The van der Waals surface area contributed by atoms with Gasteiger partial charge in [0.15, 0.2) is 0 Å². The topological polar surface area (TPSA) is 84.7 Å². The van der Waals surface area contributed by atoms with Crippen LogP contribution in [0.1, 0.15) is 12.1 Å². The molecule has 1 fully saturated rings. The van der Waals surface area contributed by atoms with Crippen LogP contribution >= 0.6 is 22.6 Å². The summed E-state index contributed by atoms with van der Waals surface area (Å²) in [4.78, 5) is 27.9. The van der Waals surface area contributed by atoms with Gasteiger partial charge < -0.3 is 9.15 Å². The van der Waals surface area contributed by atoms with E-state index in [1.807, 2.05) is 24.3 Å². The van der Waals surface area contributed by atoms with Crippen molar-refractivity contribution in [1.82, 2.24) is 15.4 Å². The number of hydrogen-bond donors (Lipinski definition) is 1. The molecule has 0 aliphatic carbocycles. The van der Waals surface area contributed by atoms with Gasteiger partial charge in [-0.15, -0.1) is 0 Å². The van der Waals surface area contributed by atoms with Crippen LogP contribution in [0.5, 0.6) is 0 Å². The van der Waals surface area contributed by atoms with Crippen molar-refractivity contribution in [2.75, 3.05) is 13.7 Å². The largest absolute Gasteiger partial charge is 0.469 e. The van der Waals surface area contributed by atoms with Gasteiger partial charge in [-0.05, 0) is 46.9 Å². The summed E-state index contributed by atoms with van der Waals surface area (Å²) < 4.78 is 11.4. The van der Waals surface area contributed by atoms with Crippen LogP contribution < -0.4 is 5.43 Å². The number of nitrogens with zero attached hydrogens (tertiary/aromatic N) is 2. The molecule has 7 nitrogen and oxygen atoms in total. The first-order valence-electron chi connectivity index (χ1n) is 7.38. The zero-order valence-electron chi connectivity index (χ0n) is 13.0. The van der Waals surface area contributed by atoms with E-state index in [0.29, 0.717) is 24.7 Å². The van der Waals surface area contributed by atoms with Gasteiger partial charge >= 0.3 is 5.97 Å². The standard InChI is InChI=1S/C16H16IN3O4/c1-23-16(22)11-6-14(21)19-20(7-11)8-13-9-24-15(18-13)10-2-4-12(17)5-3-10/h2-5,9,11H,6-8H2,1H3,(H,19,21). The molecule has 0 spiro atoms. The molecule has 1 saturated heterocycles. The van der Waals surface area contributed by atoms with Crippen molar-refractivity contribution in [3.05, 3.63) is 39.8 Å². The number of amides is 1. The Bertz CT molecular complexity index is 744. The number of ether oxygens (including phenoxy) is 1. The van der Waals surface area contributed by atoms with Crippen LogP contribution in [0.3, 0.4) is 0 Å². The summed E-state index contributed by atoms with van der Waals surface area (Å²) in [6, 6.07) is 7.83. The molecule has 1 N–H and O–H groups in total. The summed E-state index contributed by atoms with van der Waals surface area (Å²) in [7, 11) is 1.32. The molecule has 1 amide bonds. The van der Waals surface area contributed by atoms with E-state index in [4.69, 9.17) is 9.15 Å². The molecule has 0 radical (unpaired) electrons. The van der Waals surface area contributed by atoms with Crippen molar-refractivity contribution in [2.45, 2.75) is 13.0 Å². The fourth-order valence-corrected chi connectivity index (χ4v) is 2.91. The number of halogens is 1. The summed E-state index contributed by atoms with van der Waals surface area (Å²) in [5, 5.41) is 1.66. The maximum atomic E-state index is 11.7. The highest BCUT2D eigenvalue weighted by molar-refractivity contribution is 14.1. The number of hydrazine groups is 1. The lowest BCUT2D eigenvalue weighted by atomic mass is 10.0. The van der Waals surface area contributed by atoms with E-state index in [-0.39, 0.29) is 18.3 Å². The number of carbonyl (C=O) groups excluding carboxylic acids is 2. The highest BCUT2D eigenvalue weighted by Crippen LogP contribution is 2.21.